The number of ether oxygens (including phenoxy) is 2. The van der Waals surface area contributed by atoms with Crippen LogP contribution in [0.25, 0.3) is 10.8 Å². The molecule has 2 N–H and O–H groups in total. The van der Waals surface area contributed by atoms with Gasteiger partial charge in [-0.3, -0.25) is 9.59 Å². The van der Waals surface area contributed by atoms with Crippen LogP contribution in [-0.4, -0.2) is 36.8 Å². The summed E-state index contributed by atoms with van der Waals surface area (Å²) < 4.78 is 11.4. The number of fused-ring (bicyclic) bond motifs is 1. The van der Waals surface area contributed by atoms with E-state index in [4.69, 9.17) is 32.7 Å². The first-order valence-corrected chi connectivity index (χ1v) is 12.8. The summed E-state index contributed by atoms with van der Waals surface area (Å²) in [4.78, 5) is 25.8. The van der Waals surface area contributed by atoms with Crippen LogP contribution in [0.4, 0.5) is 0 Å². The maximum atomic E-state index is 12.9. The fraction of sp³-hybridized carbons (Fsp3) is 0.321. The predicted octanol–water partition coefficient (Wildman–Crippen LogP) is 5.99. The lowest BCUT2D eigenvalue weighted by Crippen LogP contribution is -2.49. The summed E-state index contributed by atoms with van der Waals surface area (Å²) >= 11 is 12.1. The van der Waals surface area contributed by atoms with Crippen molar-refractivity contribution in [2.45, 2.75) is 46.3 Å². The lowest BCUT2D eigenvalue weighted by Gasteiger charge is -2.22. The van der Waals surface area contributed by atoms with Crippen LogP contribution in [0.2, 0.25) is 10.0 Å². The zero-order valence-electron chi connectivity index (χ0n) is 21.3. The van der Waals surface area contributed by atoms with Gasteiger partial charge in [0, 0.05) is 16.0 Å². The molecule has 0 radical (unpaired) electrons. The maximum absolute atomic E-state index is 12.9. The van der Waals surface area contributed by atoms with Gasteiger partial charge < -0.3 is 14.8 Å². The topological polar surface area (TPSA) is 89.0 Å². The number of rotatable bonds is 11. The highest BCUT2D eigenvalue weighted by molar-refractivity contribution is 6.35. The third-order valence-corrected chi connectivity index (χ3v) is 6.03. The normalized spacial score (nSPS) is 12.9. The van der Waals surface area contributed by atoms with Gasteiger partial charge in [-0.05, 0) is 61.9 Å². The maximum Gasteiger partial charge on any atom is 0.262 e. The molecule has 2 amide bonds. The van der Waals surface area contributed by atoms with E-state index in [2.05, 4.69) is 15.8 Å². The summed E-state index contributed by atoms with van der Waals surface area (Å²) in [7, 11) is 0. The van der Waals surface area contributed by atoms with Crippen molar-refractivity contribution in [3.8, 4) is 11.5 Å². The molecule has 0 aliphatic heterocycles. The Balaban J connectivity index is 1.68. The van der Waals surface area contributed by atoms with Gasteiger partial charge in [-0.2, -0.15) is 5.10 Å². The van der Waals surface area contributed by atoms with Crippen molar-refractivity contribution in [1.29, 1.82) is 0 Å². The van der Waals surface area contributed by atoms with E-state index < -0.39 is 24.0 Å². The Labute approximate surface area is 227 Å². The van der Waals surface area contributed by atoms with E-state index in [1.807, 2.05) is 57.2 Å². The molecular weight excluding hydrogens is 513 g/mol. The minimum absolute atomic E-state index is 0.150. The minimum Gasteiger partial charge on any atom is -0.493 e. The quantitative estimate of drug-likeness (QED) is 0.229. The molecule has 0 fully saturated rings. The number of carbonyl (C=O) groups is 2. The number of nitrogens with one attached hydrogen (secondary N) is 2. The van der Waals surface area contributed by atoms with Gasteiger partial charge in [0.25, 0.3) is 11.8 Å². The zero-order valence-corrected chi connectivity index (χ0v) is 22.8. The van der Waals surface area contributed by atoms with Gasteiger partial charge in [-0.1, -0.05) is 61.3 Å². The van der Waals surface area contributed by atoms with E-state index in [1.54, 1.807) is 25.3 Å². The van der Waals surface area contributed by atoms with Crippen molar-refractivity contribution < 1.29 is 19.1 Å². The largest absolute Gasteiger partial charge is 0.493 e. The Bertz CT molecular complexity index is 1280. The highest BCUT2D eigenvalue weighted by Gasteiger charge is 2.25. The van der Waals surface area contributed by atoms with Crippen LogP contribution in [0.3, 0.4) is 0 Å². The first-order chi connectivity index (χ1) is 17.7. The van der Waals surface area contributed by atoms with Crippen molar-refractivity contribution in [2.75, 3.05) is 6.61 Å². The van der Waals surface area contributed by atoms with Gasteiger partial charge in [0.05, 0.1) is 17.8 Å². The van der Waals surface area contributed by atoms with Gasteiger partial charge in [-0.15, -0.1) is 0 Å². The number of hydrazone groups is 1. The number of benzene rings is 3. The van der Waals surface area contributed by atoms with E-state index in [9.17, 15) is 9.59 Å². The third-order valence-electron chi connectivity index (χ3n) is 5.50. The molecule has 2 atom stereocenters. The molecule has 0 spiro atoms. The second-order valence-electron chi connectivity index (χ2n) is 8.89. The molecular formula is C28H31Cl2N3O4. The summed E-state index contributed by atoms with van der Waals surface area (Å²) in [5.41, 5.74) is 3.38. The number of halogens is 2. The van der Waals surface area contributed by atoms with E-state index >= 15 is 0 Å². The van der Waals surface area contributed by atoms with Crippen molar-refractivity contribution in [1.82, 2.24) is 10.7 Å². The summed E-state index contributed by atoms with van der Waals surface area (Å²) in [6.07, 6.45) is 1.12. The van der Waals surface area contributed by atoms with Gasteiger partial charge in [-0.25, -0.2) is 5.43 Å². The molecule has 0 aromatic heterocycles. The highest BCUT2D eigenvalue weighted by atomic mass is 35.5. The van der Waals surface area contributed by atoms with E-state index in [1.165, 1.54) is 6.07 Å². The summed E-state index contributed by atoms with van der Waals surface area (Å²) in [5, 5.41) is 9.58. The fourth-order valence-corrected chi connectivity index (χ4v) is 4.19. The summed E-state index contributed by atoms with van der Waals surface area (Å²) in [6.45, 7) is 8.02. The van der Waals surface area contributed by atoms with Crippen molar-refractivity contribution >= 4 is 52.0 Å². The van der Waals surface area contributed by atoms with Crippen LogP contribution in [0.15, 0.2) is 59.7 Å². The molecule has 196 valence electrons. The van der Waals surface area contributed by atoms with Crippen LogP contribution in [0, 0.1) is 5.92 Å². The summed E-state index contributed by atoms with van der Waals surface area (Å²) in [6, 6.07) is 15.5. The molecule has 0 saturated carbocycles. The number of amides is 2. The van der Waals surface area contributed by atoms with Crippen LogP contribution < -0.4 is 20.2 Å². The number of carbonyl (C=O) groups excluding carboxylic acids is 2. The standard InChI is InChI=1S/C28H31Cl2N3O4/c1-5-36-25-12-10-19(21-8-6-7-9-22(21)25)16-31-33-28(35)24(14-17(2)3)32-27(34)18(4)37-26-13-11-20(29)15-23(26)30/h6-13,15-18,24H,5,14H2,1-4H3,(H,32,34)(H,33,35)/b31-16-/t18-,24-/m1/s1. The Morgan fingerprint density at radius 3 is 2.35 bits per heavy atom. The molecule has 7 nitrogen and oxygen atoms in total. The second kappa shape index (κ2) is 13.3. The van der Waals surface area contributed by atoms with E-state index in [0.29, 0.717) is 28.8 Å². The van der Waals surface area contributed by atoms with E-state index in [-0.39, 0.29) is 5.92 Å². The van der Waals surface area contributed by atoms with Crippen molar-refractivity contribution in [3.63, 3.8) is 0 Å². The highest BCUT2D eigenvalue weighted by Crippen LogP contribution is 2.29. The van der Waals surface area contributed by atoms with Gasteiger partial charge >= 0.3 is 0 Å². The lowest BCUT2D eigenvalue weighted by molar-refractivity contribution is -0.132. The van der Waals surface area contributed by atoms with Crippen LogP contribution >= 0.6 is 23.2 Å². The zero-order chi connectivity index (χ0) is 26.9. The Morgan fingerprint density at radius 2 is 1.68 bits per heavy atom. The minimum atomic E-state index is -0.889. The molecule has 0 aliphatic carbocycles. The molecule has 3 aromatic carbocycles. The van der Waals surface area contributed by atoms with Crippen LogP contribution in [0.5, 0.6) is 11.5 Å². The SMILES string of the molecule is CCOc1ccc(/C=N\NC(=O)[C@@H](CC(C)C)NC(=O)[C@@H](C)Oc2ccc(Cl)cc2Cl)c2ccccc12. The fourth-order valence-electron chi connectivity index (χ4n) is 3.74. The molecule has 3 aromatic rings. The molecule has 0 saturated heterocycles. The van der Waals surface area contributed by atoms with Crippen LogP contribution in [-0.2, 0) is 9.59 Å². The first kappa shape index (κ1) is 28.3. The second-order valence-corrected chi connectivity index (χ2v) is 9.73. The third kappa shape index (κ3) is 7.84. The number of hydrogen-bond donors (Lipinski definition) is 2. The Kier molecular flexibility index (Phi) is 10.2. The van der Waals surface area contributed by atoms with Crippen LogP contribution in [0.1, 0.15) is 39.7 Å². The van der Waals surface area contributed by atoms with Gasteiger partial charge in [0.1, 0.15) is 17.5 Å². The molecule has 0 aliphatic rings. The Hall–Kier alpha value is -3.29. The molecule has 0 bridgehead atoms. The predicted molar refractivity (Wildman–Crippen MR) is 149 cm³/mol. The molecule has 9 heteroatoms. The van der Waals surface area contributed by atoms with Crippen molar-refractivity contribution in [2.24, 2.45) is 11.0 Å². The lowest BCUT2D eigenvalue weighted by atomic mass is 10.0. The molecule has 0 heterocycles. The average molecular weight is 544 g/mol. The molecule has 0 unspecified atom stereocenters. The Morgan fingerprint density at radius 1 is 0.973 bits per heavy atom. The number of nitrogens with zero attached hydrogens (tertiary/aromatic N) is 1. The van der Waals surface area contributed by atoms with Crippen molar-refractivity contribution in [3.05, 3.63) is 70.2 Å². The first-order valence-electron chi connectivity index (χ1n) is 12.1. The van der Waals surface area contributed by atoms with Gasteiger partial charge in [0.2, 0.25) is 0 Å². The summed E-state index contributed by atoms with van der Waals surface area (Å²) in [5.74, 6) is 0.386. The van der Waals surface area contributed by atoms with E-state index in [0.717, 1.165) is 22.1 Å². The van der Waals surface area contributed by atoms with Gasteiger partial charge in [0.15, 0.2) is 6.10 Å². The number of hydrogen-bond acceptors (Lipinski definition) is 5. The molecule has 37 heavy (non-hydrogen) atoms. The molecule has 3 rings (SSSR count). The average Bonchev–Trinajstić information content (AvgIpc) is 2.86. The smallest absolute Gasteiger partial charge is 0.262 e. The monoisotopic (exact) mass is 543 g/mol.